The predicted octanol–water partition coefficient (Wildman–Crippen LogP) is 3.20. The van der Waals surface area contributed by atoms with Crippen LogP contribution >= 0.6 is 0 Å². The fraction of sp³-hybridized carbons (Fsp3) is 0.917. The van der Waals surface area contributed by atoms with Gasteiger partial charge < -0.3 is 4.90 Å². The topological polar surface area (TPSA) is 27.0 Å². The van der Waals surface area contributed by atoms with E-state index in [0.717, 1.165) is 12.8 Å². The summed E-state index contributed by atoms with van der Waals surface area (Å²) in [6.45, 7) is 0.463. The van der Waals surface area contributed by atoms with Gasteiger partial charge in [-0.2, -0.15) is 18.4 Å². The highest BCUT2D eigenvalue weighted by Gasteiger charge is 2.40. The van der Waals surface area contributed by atoms with Crippen LogP contribution in [0.2, 0.25) is 0 Å². The van der Waals surface area contributed by atoms with Crippen LogP contribution in [0.3, 0.4) is 0 Å². The Morgan fingerprint density at radius 1 is 1.29 bits per heavy atom. The lowest BCUT2D eigenvalue weighted by Gasteiger charge is -2.28. The van der Waals surface area contributed by atoms with Crippen LogP contribution in [0, 0.1) is 23.2 Å². The number of hydrogen-bond donors (Lipinski definition) is 0. The molecule has 0 radical (unpaired) electrons. The number of alkyl halides is 3. The van der Waals surface area contributed by atoms with Gasteiger partial charge in [0.1, 0.15) is 0 Å². The molecule has 1 fully saturated rings. The van der Waals surface area contributed by atoms with Crippen LogP contribution in [-0.4, -0.2) is 31.2 Å². The monoisotopic (exact) mass is 248 g/mol. The molecule has 1 aliphatic carbocycles. The minimum atomic E-state index is -4.41. The van der Waals surface area contributed by atoms with Crippen LogP contribution in [0.1, 0.15) is 32.1 Å². The average Bonchev–Trinajstić information content (AvgIpc) is 2.25. The molecule has 1 unspecified atom stereocenters. The zero-order valence-electron chi connectivity index (χ0n) is 10.1. The van der Waals surface area contributed by atoms with Gasteiger partial charge >= 0.3 is 6.18 Å². The second kappa shape index (κ2) is 6.25. The molecule has 1 saturated carbocycles. The number of halogens is 3. The van der Waals surface area contributed by atoms with Crippen molar-refractivity contribution in [2.24, 2.45) is 11.8 Å². The molecule has 17 heavy (non-hydrogen) atoms. The molecule has 0 amide bonds. The minimum Gasteiger partial charge on any atom is -0.304 e. The SMILES string of the molecule is CN(CC1CCCCC1)CC(C#N)C(F)(F)F. The third kappa shape index (κ3) is 4.95. The van der Waals surface area contributed by atoms with Gasteiger partial charge in [0.2, 0.25) is 0 Å². The molecule has 0 aromatic carbocycles. The molecule has 1 atom stereocenters. The second-order valence-electron chi connectivity index (χ2n) is 4.95. The fourth-order valence-corrected chi connectivity index (χ4v) is 2.41. The van der Waals surface area contributed by atoms with Gasteiger partial charge in [0, 0.05) is 13.1 Å². The van der Waals surface area contributed by atoms with E-state index in [4.69, 9.17) is 5.26 Å². The highest BCUT2D eigenvalue weighted by molar-refractivity contribution is 4.90. The van der Waals surface area contributed by atoms with Gasteiger partial charge in [-0.05, 0) is 25.8 Å². The maximum Gasteiger partial charge on any atom is 0.405 e. The van der Waals surface area contributed by atoms with E-state index >= 15 is 0 Å². The number of rotatable bonds is 4. The van der Waals surface area contributed by atoms with Crippen LogP contribution in [0.5, 0.6) is 0 Å². The third-order valence-corrected chi connectivity index (χ3v) is 3.34. The summed E-state index contributed by atoms with van der Waals surface area (Å²) in [5.41, 5.74) is 0. The molecule has 0 N–H and O–H groups in total. The smallest absolute Gasteiger partial charge is 0.304 e. The van der Waals surface area contributed by atoms with Crippen molar-refractivity contribution in [3.05, 3.63) is 0 Å². The van der Waals surface area contributed by atoms with E-state index in [1.807, 2.05) is 0 Å². The summed E-state index contributed by atoms with van der Waals surface area (Å²) in [6, 6.07) is 1.34. The lowest BCUT2D eigenvalue weighted by Crippen LogP contribution is -2.36. The molecule has 0 spiro atoms. The summed E-state index contributed by atoms with van der Waals surface area (Å²) >= 11 is 0. The predicted molar refractivity (Wildman–Crippen MR) is 59.2 cm³/mol. The molecule has 98 valence electrons. The standard InChI is InChI=1S/C12H19F3N2/c1-17(8-10-5-3-2-4-6-10)9-11(7-16)12(13,14)15/h10-11H,2-6,8-9H2,1H3. The Bertz CT molecular complexity index is 264. The van der Waals surface area contributed by atoms with Crippen molar-refractivity contribution in [3.8, 4) is 6.07 Å². The van der Waals surface area contributed by atoms with E-state index < -0.39 is 12.1 Å². The van der Waals surface area contributed by atoms with Crippen molar-refractivity contribution in [1.82, 2.24) is 4.90 Å². The van der Waals surface area contributed by atoms with E-state index in [1.165, 1.54) is 25.3 Å². The van der Waals surface area contributed by atoms with Crippen LogP contribution < -0.4 is 0 Å². The average molecular weight is 248 g/mol. The van der Waals surface area contributed by atoms with E-state index in [-0.39, 0.29) is 6.54 Å². The first-order chi connectivity index (χ1) is 7.93. The lowest BCUT2D eigenvalue weighted by molar-refractivity contribution is -0.162. The quantitative estimate of drug-likeness (QED) is 0.764. The molecule has 0 aromatic heterocycles. The van der Waals surface area contributed by atoms with Gasteiger partial charge in [-0.15, -0.1) is 0 Å². The molecule has 5 heteroatoms. The van der Waals surface area contributed by atoms with Gasteiger partial charge in [-0.25, -0.2) is 0 Å². The Labute approximate surface area is 100 Å². The summed E-state index contributed by atoms with van der Waals surface area (Å²) in [4.78, 5) is 1.65. The number of nitrogens with zero attached hydrogens (tertiary/aromatic N) is 2. The van der Waals surface area contributed by atoms with Crippen molar-refractivity contribution < 1.29 is 13.2 Å². The van der Waals surface area contributed by atoms with Crippen molar-refractivity contribution in [1.29, 1.82) is 5.26 Å². The fourth-order valence-electron chi connectivity index (χ4n) is 2.41. The van der Waals surface area contributed by atoms with Gasteiger partial charge in [-0.1, -0.05) is 19.3 Å². The molecule has 1 aliphatic rings. The molecular weight excluding hydrogens is 229 g/mol. The van der Waals surface area contributed by atoms with Crippen molar-refractivity contribution in [3.63, 3.8) is 0 Å². The summed E-state index contributed by atoms with van der Waals surface area (Å²) in [6.07, 6.45) is 1.40. The van der Waals surface area contributed by atoms with Crippen molar-refractivity contribution in [2.75, 3.05) is 20.1 Å². The number of hydrogen-bond acceptors (Lipinski definition) is 2. The molecule has 0 heterocycles. The van der Waals surface area contributed by atoms with Crippen LogP contribution in [0.4, 0.5) is 13.2 Å². The van der Waals surface area contributed by atoms with Gasteiger partial charge in [0.25, 0.3) is 0 Å². The molecule has 0 aliphatic heterocycles. The second-order valence-corrected chi connectivity index (χ2v) is 4.95. The van der Waals surface area contributed by atoms with E-state index in [0.29, 0.717) is 12.5 Å². The van der Waals surface area contributed by atoms with Gasteiger partial charge in [0.15, 0.2) is 5.92 Å². The number of nitriles is 1. The van der Waals surface area contributed by atoms with Gasteiger partial charge in [0.05, 0.1) is 6.07 Å². The zero-order chi connectivity index (χ0) is 12.9. The van der Waals surface area contributed by atoms with Crippen LogP contribution in [-0.2, 0) is 0 Å². The maximum atomic E-state index is 12.4. The third-order valence-electron chi connectivity index (χ3n) is 3.34. The lowest BCUT2D eigenvalue weighted by atomic mass is 9.89. The first-order valence-electron chi connectivity index (χ1n) is 6.08. The van der Waals surface area contributed by atoms with E-state index in [9.17, 15) is 13.2 Å². The Morgan fingerprint density at radius 3 is 2.35 bits per heavy atom. The highest BCUT2D eigenvalue weighted by Crippen LogP contribution is 2.28. The summed E-state index contributed by atoms with van der Waals surface area (Å²) in [7, 11) is 1.67. The highest BCUT2D eigenvalue weighted by atomic mass is 19.4. The summed E-state index contributed by atoms with van der Waals surface area (Å²) in [5.74, 6) is -1.36. The Morgan fingerprint density at radius 2 is 1.88 bits per heavy atom. The molecular formula is C12H19F3N2. The molecule has 0 saturated heterocycles. The minimum absolute atomic E-state index is 0.212. The van der Waals surface area contributed by atoms with E-state index in [2.05, 4.69) is 0 Å². The maximum absolute atomic E-state index is 12.4. The first kappa shape index (κ1) is 14.3. The Kier molecular flexibility index (Phi) is 5.26. The molecule has 0 bridgehead atoms. The molecule has 0 aromatic rings. The Balaban J connectivity index is 2.37. The summed E-state index contributed by atoms with van der Waals surface area (Å²) < 4.78 is 37.2. The zero-order valence-corrected chi connectivity index (χ0v) is 10.1. The van der Waals surface area contributed by atoms with Crippen molar-refractivity contribution in [2.45, 2.75) is 38.3 Å². The van der Waals surface area contributed by atoms with Crippen LogP contribution in [0.15, 0.2) is 0 Å². The van der Waals surface area contributed by atoms with Gasteiger partial charge in [-0.3, -0.25) is 0 Å². The van der Waals surface area contributed by atoms with E-state index in [1.54, 1.807) is 11.9 Å². The first-order valence-corrected chi connectivity index (χ1v) is 6.08. The largest absolute Gasteiger partial charge is 0.405 e. The molecule has 2 nitrogen and oxygen atoms in total. The summed E-state index contributed by atoms with van der Waals surface area (Å²) in [5, 5.41) is 8.52. The Hall–Kier alpha value is -0.760. The van der Waals surface area contributed by atoms with Crippen molar-refractivity contribution >= 4 is 0 Å². The van der Waals surface area contributed by atoms with Crippen LogP contribution in [0.25, 0.3) is 0 Å². The molecule has 1 rings (SSSR count). The normalized spacial score (nSPS) is 20.2.